The number of likely N-dealkylation sites (tertiary alicyclic amines) is 1. The molecule has 0 saturated carbocycles. The van der Waals surface area contributed by atoms with E-state index in [1.165, 1.54) is 4.90 Å². The van der Waals surface area contributed by atoms with Crippen molar-refractivity contribution in [1.29, 1.82) is 0 Å². The maximum Gasteiger partial charge on any atom is 0.295 e. The fraction of sp³-hybridized carbons (Fsp3) is 0.290. The van der Waals surface area contributed by atoms with Crippen molar-refractivity contribution in [3.05, 3.63) is 94.6 Å². The molecule has 0 spiro atoms. The molecule has 0 bridgehead atoms. The van der Waals surface area contributed by atoms with Crippen molar-refractivity contribution < 1.29 is 28.9 Å². The number of hydrogen-bond donors (Lipinski definition) is 1. The predicted molar refractivity (Wildman–Crippen MR) is 144 cm³/mol. The lowest BCUT2D eigenvalue weighted by atomic mass is 9.94. The van der Waals surface area contributed by atoms with Crippen LogP contribution in [-0.2, 0) is 22.4 Å². The second-order valence-electron chi connectivity index (χ2n) is 9.53. The van der Waals surface area contributed by atoms with Gasteiger partial charge in [0.2, 0.25) is 0 Å². The first-order chi connectivity index (χ1) is 18.4. The van der Waals surface area contributed by atoms with E-state index in [-0.39, 0.29) is 17.4 Å². The molecule has 5 rings (SSSR count). The van der Waals surface area contributed by atoms with E-state index in [9.17, 15) is 14.7 Å². The van der Waals surface area contributed by atoms with E-state index in [1.807, 2.05) is 56.3 Å². The summed E-state index contributed by atoms with van der Waals surface area (Å²) in [5.41, 5.74) is 3.19. The highest BCUT2D eigenvalue weighted by molar-refractivity contribution is 6.46. The molecule has 1 fully saturated rings. The van der Waals surface area contributed by atoms with Gasteiger partial charge in [-0.15, -0.1) is 0 Å². The molecule has 7 nitrogen and oxygen atoms in total. The number of methoxy groups -OCH3 is 1. The molecule has 0 radical (unpaired) electrons. The van der Waals surface area contributed by atoms with Crippen molar-refractivity contribution in [1.82, 2.24) is 4.90 Å². The highest BCUT2D eigenvalue weighted by Crippen LogP contribution is 2.42. The summed E-state index contributed by atoms with van der Waals surface area (Å²) in [7, 11) is 1.54. The average molecular weight is 514 g/mol. The van der Waals surface area contributed by atoms with Crippen LogP contribution in [-0.4, -0.2) is 48.1 Å². The summed E-state index contributed by atoms with van der Waals surface area (Å²) in [6, 6.07) is 19.7. The first-order valence-electron chi connectivity index (χ1n) is 12.8. The van der Waals surface area contributed by atoms with Crippen LogP contribution in [0.1, 0.15) is 42.1 Å². The molecule has 3 aromatic carbocycles. The van der Waals surface area contributed by atoms with Crippen LogP contribution in [0.5, 0.6) is 17.2 Å². The van der Waals surface area contributed by atoms with Gasteiger partial charge in [-0.05, 0) is 67.3 Å². The van der Waals surface area contributed by atoms with Gasteiger partial charge >= 0.3 is 0 Å². The van der Waals surface area contributed by atoms with Crippen molar-refractivity contribution >= 4 is 17.4 Å². The average Bonchev–Trinajstić information content (AvgIpc) is 3.43. The number of nitrogens with zero attached hydrogens (tertiary/aromatic N) is 1. The number of aliphatic hydroxyl groups excluding tert-OH is 1. The summed E-state index contributed by atoms with van der Waals surface area (Å²) >= 11 is 0. The molecular weight excluding hydrogens is 482 g/mol. The Balaban J connectivity index is 1.60. The first kappa shape index (κ1) is 25.4. The van der Waals surface area contributed by atoms with Gasteiger partial charge in [-0.3, -0.25) is 9.59 Å². The van der Waals surface area contributed by atoms with Crippen molar-refractivity contribution in [2.24, 2.45) is 0 Å². The number of amides is 1. The number of carbonyl (C=O) groups excluding carboxylic acids is 2. The molecule has 7 heteroatoms. The van der Waals surface area contributed by atoms with Crippen LogP contribution in [0.4, 0.5) is 0 Å². The fourth-order valence-corrected chi connectivity index (χ4v) is 5.21. The van der Waals surface area contributed by atoms with Crippen LogP contribution < -0.4 is 14.2 Å². The molecule has 1 amide bonds. The van der Waals surface area contributed by atoms with E-state index >= 15 is 0 Å². The van der Waals surface area contributed by atoms with Crippen molar-refractivity contribution in [2.45, 2.75) is 38.8 Å². The predicted octanol–water partition coefficient (Wildman–Crippen LogP) is 5.08. The highest BCUT2D eigenvalue weighted by atomic mass is 16.5. The Morgan fingerprint density at radius 3 is 2.58 bits per heavy atom. The Bertz CT molecular complexity index is 1400. The second kappa shape index (κ2) is 10.6. The van der Waals surface area contributed by atoms with E-state index in [1.54, 1.807) is 31.4 Å². The quantitative estimate of drug-likeness (QED) is 0.257. The van der Waals surface area contributed by atoms with Gasteiger partial charge in [-0.25, -0.2) is 0 Å². The summed E-state index contributed by atoms with van der Waals surface area (Å²) in [5, 5.41) is 11.5. The zero-order chi connectivity index (χ0) is 26.8. The Kier molecular flexibility index (Phi) is 7.09. The molecule has 2 aliphatic rings. The smallest absolute Gasteiger partial charge is 0.295 e. The number of ether oxygens (including phenoxy) is 3. The monoisotopic (exact) mass is 513 g/mol. The minimum atomic E-state index is -0.785. The number of rotatable bonds is 8. The summed E-state index contributed by atoms with van der Waals surface area (Å²) < 4.78 is 17.0. The van der Waals surface area contributed by atoms with Crippen LogP contribution in [0, 0.1) is 0 Å². The molecular formula is C31H31NO6. The molecule has 196 valence electrons. The van der Waals surface area contributed by atoms with Crippen LogP contribution in [0.3, 0.4) is 0 Å². The molecule has 38 heavy (non-hydrogen) atoms. The second-order valence-corrected chi connectivity index (χ2v) is 9.53. The highest BCUT2D eigenvalue weighted by Gasteiger charge is 2.46. The normalized spacial score (nSPS) is 19.8. The fourth-order valence-electron chi connectivity index (χ4n) is 5.21. The van der Waals surface area contributed by atoms with Gasteiger partial charge < -0.3 is 24.2 Å². The Morgan fingerprint density at radius 2 is 1.84 bits per heavy atom. The molecule has 0 aromatic heterocycles. The van der Waals surface area contributed by atoms with Gasteiger partial charge in [0.25, 0.3) is 11.7 Å². The number of Topliss-reactive ketones (excluding diaryl/α,β-unsaturated/α-hetero) is 1. The van der Waals surface area contributed by atoms with Gasteiger partial charge in [0.05, 0.1) is 25.3 Å². The Morgan fingerprint density at radius 1 is 1.05 bits per heavy atom. The van der Waals surface area contributed by atoms with Crippen molar-refractivity contribution in [2.75, 3.05) is 20.3 Å². The molecule has 3 aromatic rings. The van der Waals surface area contributed by atoms with Gasteiger partial charge in [0.1, 0.15) is 17.6 Å². The van der Waals surface area contributed by atoms with Gasteiger partial charge in [-0.1, -0.05) is 36.4 Å². The number of hydrogen-bond acceptors (Lipinski definition) is 6. The Hall–Kier alpha value is -4.26. The summed E-state index contributed by atoms with van der Waals surface area (Å²) in [6.07, 6.45) is 1.32. The lowest BCUT2D eigenvalue weighted by Crippen LogP contribution is -2.31. The van der Waals surface area contributed by atoms with E-state index in [2.05, 4.69) is 0 Å². The summed E-state index contributed by atoms with van der Waals surface area (Å²) in [6.45, 7) is 4.64. The van der Waals surface area contributed by atoms with Crippen LogP contribution in [0.25, 0.3) is 5.76 Å². The molecule has 0 aliphatic carbocycles. The minimum absolute atomic E-state index is 0.0438. The zero-order valence-corrected chi connectivity index (χ0v) is 21.8. The lowest BCUT2D eigenvalue weighted by Gasteiger charge is -2.26. The van der Waals surface area contributed by atoms with Gasteiger partial charge in [-0.2, -0.15) is 0 Å². The van der Waals surface area contributed by atoms with Crippen molar-refractivity contribution in [3.63, 3.8) is 0 Å². The maximum atomic E-state index is 13.4. The summed E-state index contributed by atoms with van der Waals surface area (Å²) in [5.74, 6) is 0.266. The van der Waals surface area contributed by atoms with Gasteiger partial charge in [0.15, 0.2) is 11.5 Å². The standard InChI is InChI=1S/C31H31NO6/c1-4-37-25-13-10-21(18-26(25)36-3)28-27(29(33)22-11-12-24-23(17-22)16-19(2)38-24)30(34)31(35)32(28)15-14-20-8-6-5-7-9-20/h5-13,17-19,28,33H,4,14-16H2,1-3H3/b29-27-. The molecule has 2 unspecified atom stereocenters. The van der Waals surface area contributed by atoms with E-state index < -0.39 is 17.7 Å². The number of benzene rings is 3. The molecule has 1 N–H and O–H groups in total. The number of aliphatic hydroxyl groups is 1. The topological polar surface area (TPSA) is 85.3 Å². The van der Waals surface area contributed by atoms with E-state index in [0.717, 1.165) is 16.9 Å². The van der Waals surface area contributed by atoms with Crippen molar-refractivity contribution in [3.8, 4) is 17.2 Å². The summed E-state index contributed by atoms with van der Waals surface area (Å²) in [4.78, 5) is 28.3. The molecule has 2 atom stereocenters. The number of carbonyl (C=O) groups is 2. The van der Waals surface area contributed by atoms with E-state index in [0.29, 0.717) is 48.6 Å². The first-order valence-corrected chi connectivity index (χ1v) is 12.8. The third-order valence-corrected chi connectivity index (χ3v) is 7.00. The minimum Gasteiger partial charge on any atom is -0.507 e. The maximum absolute atomic E-state index is 13.4. The third kappa shape index (κ3) is 4.72. The number of fused-ring (bicyclic) bond motifs is 1. The van der Waals surface area contributed by atoms with Crippen LogP contribution in [0.2, 0.25) is 0 Å². The van der Waals surface area contributed by atoms with Crippen LogP contribution >= 0.6 is 0 Å². The zero-order valence-electron chi connectivity index (χ0n) is 21.8. The molecule has 1 saturated heterocycles. The Labute approximate surface area is 222 Å². The van der Waals surface area contributed by atoms with E-state index in [4.69, 9.17) is 14.2 Å². The number of ketones is 1. The lowest BCUT2D eigenvalue weighted by molar-refractivity contribution is -0.139. The molecule has 2 aliphatic heterocycles. The third-order valence-electron chi connectivity index (χ3n) is 7.00. The largest absolute Gasteiger partial charge is 0.507 e. The van der Waals surface area contributed by atoms with Crippen LogP contribution in [0.15, 0.2) is 72.3 Å². The molecule has 2 heterocycles. The van der Waals surface area contributed by atoms with Gasteiger partial charge in [0, 0.05) is 18.5 Å². The SMILES string of the molecule is CCOc1ccc(C2/C(=C(/O)c3ccc4c(c3)CC(C)O4)C(=O)C(=O)N2CCc2ccccc2)cc1OC.